The lowest BCUT2D eigenvalue weighted by Crippen LogP contribution is -2.35. The first-order chi connectivity index (χ1) is 10.2. The average molecular weight is 292 g/mol. The van der Waals surface area contributed by atoms with Crippen molar-refractivity contribution in [2.75, 3.05) is 32.1 Å². The van der Waals surface area contributed by atoms with Crippen LogP contribution in [0.25, 0.3) is 0 Å². The van der Waals surface area contributed by atoms with E-state index in [4.69, 9.17) is 4.74 Å². The predicted octanol–water partition coefficient (Wildman–Crippen LogP) is 1.18. The minimum atomic E-state index is -0.379. The summed E-state index contributed by atoms with van der Waals surface area (Å²) in [5.41, 5.74) is 1.25. The van der Waals surface area contributed by atoms with Gasteiger partial charge < -0.3 is 20.1 Å². The number of anilines is 1. The highest BCUT2D eigenvalue weighted by molar-refractivity contribution is 5.89. The standard InChI is InChI=1S/C15H20N2O4/c1-20-15(19)11-4-6-12(7-5-11)16-10-14(18)17-9-13-3-2-8-21-13/h4-7,13,16H,2-3,8-10H2,1H3,(H,17,18). The van der Waals surface area contributed by atoms with E-state index in [2.05, 4.69) is 15.4 Å². The summed E-state index contributed by atoms with van der Waals surface area (Å²) in [4.78, 5) is 23.0. The van der Waals surface area contributed by atoms with Gasteiger partial charge in [0.2, 0.25) is 5.91 Å². The van der Waals surface area contributed by atoms with Gasteiger partial charge >= 0.3 is 5.97 Å². The van der Waals surface area contributed by atoms with Gasteiger partial charge in [-0.1, -0.05) is 0 Å². The molecule has 1 aliphatic rings. The van der Waals surface area contributed by atoms with Crippen molar-refractivity contribution in [3.8, 4) is 0 Å². The number of nitrogens with one attached hydrogen (secondary N) is 2. The molecule has 6 nitrogen and oxygen atoms in total. The van der Waals surface area contributed by atoms with Gasteiger partial charge in [0.25, 0.3) is 0 Å². The predicted molar refractivity (Wildman–Crippen MR) is 78.3 cm³/mol. The molecule has 2 rings (SSSR count). The number of rotatable bonds is 6. The van der Waals surface area contributed by atoms with Gasteiger partial charge in [-0.25, -0.2) is 4.79 Å². The fourth-order valence-corrected chi connectivity index (χ4v) is 2.12. The zero-order valence-electron chi connectivity index (χ0n) is 12.1. The Morgan fingerprint density at radius 2 is 2.10 bits per heavy atom. The summed E-state index contributed by atoms with van der Waals surface area (Å²) in [5, 5.41) is 5.83. The van der Waals surface area contributed by atoms with E-state index in [-0.39, 0.29) is 24.5 Å². The number of amides is 1. The molecule has 0 spiro atoms. The highest BCUT2D eigenvalue weighted by atomic mass is 16.5. The maximum Gasteiger partial charge on any atom is 0.337 e. The Bertz CT molecular complexity index is 481. The Kier molecular flexibility index (Phi) is 5.57. The molecule has 0 bridgehead atoms. The number of carbonyl (C=O) groups excluding carboxylic acids is 2. The molecule has 114 valence electrons. The molecule has 2 N–H and O–H groups in total. The summed E-state index contributed by atoms with van der Waals surface area (Å²) >= 11 is 0. The maximum atomic E-state index is 11.7. The van der Waals surface area contributed by atoms with Gasteiger partial charge in [-0.15, -0.1) is 0 Å². The molecule has 0 saturated carbocycles. The minimum absolute atomic E-state index is 0.0810. The molecular weight excluding hydrogens is 272 g/mol. The van der Waals surface area contributed by atoms with E-state index < -0.39 is 0 Å². The fraction of sp³-hybridized carbons (Fsp3) is 0.467. The van der Waals surface area contributed by atoms with Crippen LogP contribution in [0.5, 0.6) is 0 Å². The van der Waals surface area contributed by atoms with Crippen molar-refractivity contribution >= 4 is 17.6 Å². The van der Waals surface area contributed by atoms with E-state index in [9.17, 15) is 9.59 Å². The highest BCUT2D eigenvalue weighted by Gasteiger charge is 2.15. The van der Waals surface area contributed by atoms with E-state index in [1.807, 2.05) is 0 Å². The Labute approximate surface area is 123 Å². The van der Waals surface area contributed by atoms with E-state index >= 15 is 0 Å². The van der Waals surface area contributed by atoms with Gasteiger partial charge in [0.05, 0.1) is 25.3 Å². The third kappa shape index (κ3) is 4.75. The SMILES string of the molecule is COC(=O)c1ccc(NCC(=O)NCC2CCCO2)cc1. The molecule has 1 aromatic rings. The summed E-state index contributed by atoms with van der Waals surface area (Å²) in [7, 11) is 1.34. The lowest BCUT2D eigenvalue weighted by Gasteiger charge is -2.11. The van der Waals surface area contributed by atoms with Crippen LogP contribution in [0.3, 0.4) is 0 Å². The Morgan fingerprint density at radius 1 is 1.33 bits per heavy atom. The van der Waals surface area contributed by atoms with Crippen molar-refractivity contribution in [3.05, 3.63) is 29.8 Å². The average Bonchev–Trinajstić information content (AvgIpc) is 3.04. The van der Waals surface area contributed by atoms with Gasteiger partial charge in [0, 0.05) is 18.8 Å². The number of hydrogen-bond donors (Lipinski definition) is 2. The van der Waals surface area contributed by atoms with Crippen molar-refractivity contribution in [1.82, 2.24) is 5.32 Å². The van der Waals surface area contributed by atoms with Crippen LogP contribution in [0, 0.1) is 0 Å². The van der Waals surface area contributed by atoms with Crippen LogP contribution in [-0.2, 0) is 14.3 Å². The molecule has 1 aromatic carbocycles. The molecule has 1 amide bonds. The molecule has 21 heavy (non-hydrogen) atoms. The zero-order valence-corrected chi connectivity index (χ0v) is 12.1. The Hall–Kier alpha value is -2.08. The number of esters is 1. The topological polar surface area (TPSA) is 76.7 Å². The van der Waals surface area contributed by atoms with E-state index in [1.54, 1.807) is 24.3 Å². The first-order valence-corrected chi connectivity index (χ1v) is 6.99. The monoisotopic (exact) mass is 292 g/mol. The smallest absolute Gasteiger partial charge is 0.337 e. The molecular formula is C15H20N2O4. The van der Waals surface area contributed by atoms with Crippen LogP contribution < -0.4 is 10.6 Å². The number of carbonyl (C=O) groups is 2. The van der Waals surface area contributed by atoms with Crippen LogP contribution in [0.1, 0.15) is 23.2 Å². The molecule has 0 radical (unpaired) electrons. The number of methoxy groups -OCH3 is 1. The largest absolute Gasteiger partial charge is 0.465 e. The fourth-order valence-electron chi connectivity index (χ4n) is 2.12. The van der Waals surface area contributed by atoms with Crippen LogP contribution in [0.2, 0.25) is 0 Å². The molecule has 1 unspecified atom stereocenters. The summed E-state index contributed by atoms with van der Waals surface area (Å²) < 4.78 is 10.1. The molecule has 6 heteroatoms. The lowest BCUT2D eigenvalue weighted by atomic mass is 10.2. The maximum absolute atomic E-state index is 11.7. The van der Waals surface area contributed by atoms with Crippen LogP contribution >= 0.6 is 0 Å². The van der Waals surface area contributed by atoms with Gasteiger partial charge in [-0.2, -0.15) is 0 Å². The number of benzene rings is 1. The van der Waals surface area contributed by atoms with Crippen molar-refractivity contribution < 1.29 is 19.1 Å². The summed E-state index contributed by atoms with van der Waals surface area (Å²) in [6, 6.07) is 6.77. The van der Waals surface area contributed by atoms with Crippen molar-refractivity contribution in [2.24, 2.45) is 0 Å². The van der Waals surface area contributed by atoms with Gasteiger partial charge in [0.15, 0.2) is 0 Å². The van der Waals surface area contributed by atoms with Gasteiger partial charge in [0.1, 0.15) is 0 Å². The normalized spacial score (nSPS) is 17.3. The van der Waals surface area contributed by atoms with Crippen molar-refractivity contribution in [1.29, 1.82) is 0 Å². The van der Waals surface area contributed by atoms with Gasteiger partial charge in [-0.05, 0) is 37.1 Å². The molecule has 1 aliphatic heterocycles. The quantitative estimate of drug-likeness (QED) is 0.770. The number of hydrogen-bond acceptors (Lipinski definition) is 5. The number of ether oxygens (including phenoxy) is 2. The third-order valence-electron chi connectivity index (χ3n) is 3.31. The lowest BCUT2D eigenvalue weighted by molar-refractivity contribution is -0.119. The van der Waals surface area contributed by atoms with E-state index in [1.165, 1.54) is 7.11 Å². The Balaban J connectivity index is 1.71. The molecule has 0 aliphatic carbocycles. The summed E-state index contributed by atoms with van der Waals surface area (Å²) in [6.07, 6.45) is 2.21. The van der Waals surface area contributed by atoms with Crippen LogP contribution in [-0.4, -0.2) is 44.8 Å². The first-order valence-electron chi connectivity index (χ1n) is 6.99. The minimum Gasteiger partial charge on any atom is -0.465 e. The second kappa shape index (κ2) is 7.64. The van der Waals surface area contributed by atoms with Crippen molar-refractivity contribution in [3.63, 3.8) is 0 Å². The molecule has 1 fully saturated rings. The highest BCUT2D eigenvalue weighted by Crippen LogP contribution is 2.11. The third-order valence-corrected chi connectivity index (χ3v) is 3.31. The zero-order chi connectivity index (χ0) is 15.1. The Morgan fingerprint density at radius 3 is 2.71 bits per heavy atom. The molecule has 1 heterocycles. The van der Waals surface area contributed by atoms with Crippen molar-refractivity contribution in [2.45, 2.75) is 18.9 Å². The van der Waals surface area contributed by atoms with Crippen LogP contribution in [0.15, 0.2) is 24.3 Å². The summed E-state index contributed by atoms with van der Waals surface area (Å²) in [5.74, 6) is -0.460. The van der Waals surface area contributed by atoms with Gasteiger partial charge in [-0.3, -0.25) is 4.79 Å². The second-order valence-electron chi connectivity index (χ2n) is 4.86. The second-order valence-corrected chi connectivity index (χ2v) is 4.86. The molecule has 1 saturated heterocycles. The van der Waals surface area contributed by atoms with E-state index in [0.29, 0.717) is 12.1 Å². The first kappa shape index (κ1) is 15.3. The molecule has 1 atom stereocenters. The molecule has 0 aromatic heterocycles. The summed E-state index contributed by atoms with van der Waals surface area (Å²) in [6.45, 7) is 1.53. The van der Waals surface area contributed by atoms with E-state index in [0.717, 1.165) is 25.1 Å². The van der Waals surface area contributed by atoms with Crippen LogP contribution in [0.4, 0.5) is 5.69 Å².